The second-order valence-electron chi connectivity index (χ2n) is 5.84. The first-order valence-electron chi connectivity index (χ1n) is 7.98. The Bertz CT molecular complexity index is 906. The molecule has 4 aromatic rings. The van der Waals surface area contributed by atoms with Crippen LogP contribution in [0, 0.1) is 6.92 Å². The minimum Gasteiger partial charge on any atom is -0.358 e. The molecule has 0 saturated heterocycles. The van der Waals surface area contributed by atoms with E-state index in [0.717, 1.165) is 22.5 Å². The molecule has 0 radical (unpaired) electrons. The van der Waals surface area contributed by atoms with E-state index in [1.165, 1.54) is 11.1 Å². The molecule has 0 aliphatic heterocycles. The van der Waals surface area contributed by atoms with Gasteiger partial charge in [0.25, 0.3) is 0 Å². The lowest BCUT2D eigenvalue weighted by Crippen LogP contribution is -2.13. The molecule has 0 saturated carbocycles. The number of benzene rings is 2. The second-order valence-corrected chi connectivity index (χ2v) is 5.84. The lowest BCUT2D eigenvalue weighted by atomic mass is 9.98. The lowest BCUT2D eigenvalue weighted by molar-refractivity contribution is 0.927. The standard InChI is InChI=1S/C20H18N4/c1-14-12-17-19(23-14)21-13-22-20(17)24-18(15-8-4-2-5-9-15)16-10-6-3-7-11-16/h2-13,18H,1H3,(H2,21,22,23,24). The fourth-order valence-electron chi connectivity index (χ4n) is 2.97. The van der Waals surface area contributed by atoms with E-state index in [1.807, 2.05) is 19.1 Å². The highest BCUT2D eigenvalue weighted by molar-refractivity contribution is 5.87. The first-order valence-corrected chi connectivity index (χ1v) is 7.98. The molecular formula is C20H18N4. The Hall–Kier alpha value is -3.14. The van der Waals surface area contributed by atoms with Crippen molar-refractivity contribution < 1.29 is 0 Å². The van der Waals surface area contributed by atoms with E-state index < -0.39 is 0 Å². The quantitative estimate of drug-likeness (QED) is 0.584. The molecule has 0 bridgehead atoms. The van der Waals surface area contributed by atoms with Crippen LogP contribution >= 0.6 is 0 Å². The molecule has 4 nitrogen and oxygen atoms in total. The van der Waals surface area contributed by atoms with Gasteiger partial charge in [0.2, 0.25) is 0 Å². The van der Waals surface area contributed by atoms with Crippen LogP contribution < -0.4 is 5.32 Å². The zero-order valence-corrected chi connectivity index (χ0v) is 13.4. The largest absolute Gasteiger partial charge is 0.358 e. The number of H-pyrrole nitrogens is 1. The molecule has 4 rings (SSSR count). The zero-order valence-electron chi connectivity index (χ0n) is 13.4. The van der Waals surface area contributed by atoms with Crippen molar-refractivity contribution in [3.8, 4) is 0 Å². The van der Waals surface area contributed by atoms with E-state index in [9.17, 15) is 0 Å². The predicted octanol–water partition coefficient (Wildman–Crippen LogP) is 4.47. The minimum atomic E-state index is 0.0284. The van der Waals surface area contributed by atoms with Gasteiger partial charge in [0.1, 0.15) is 17.8 Å². The summed E-state index contributed by atoms with van der Waals surface area (Å²) in [5.74, 6) is 0.835. The Labute approximate surface area is 140 Å². The van der Waals surface area contributed by atoms with E-state index in [-0.39, 0.29) is 6.04 Å². The molecular weight excluding hydrogens is 296 g/mol. The van der Waals surface area contributed by atoms with Gasteiger partial charge in [-0.1, -0.05) is 60.7 Å². The first kappa shape index (κ1) is 14.5. The van der Waals surface area contributed by atoms with Crippen molar-refractivity contribution in [1.82, 2.24) is 15.0 Å². The van der Waals surface area contributed by atoms with Crippen LogP contribution in [0.25, 0.3) is 11.0 Å². The molecule has 118 valence electrons. The summed E-state index contributed by atoms with van der Waals surface area (Å²) in [5, 5.41) is 4.60. The Morgan fingerprint density at radius 3 is 2.12 bits per heavy atom. The molecule has 2 heterocycles. The number of hydrogen-bond acceptors (Lipinski definition) is 3. The van der Waals surface area contributed by atoms with Gasteiger partial charge in [0.05, 0.1) is 11.4 Å². The predicted molar refractivity (Wildman–Crippen MR) is 97.0 cm³/mol. The molecule has 0 atom stereocenters. The Balaban J connectivity index is 1.79. The van der Waals surface area contributed by atoms with Crippen molar-refractivity contribution in [2.75, 3.05) is 5.32 Å². The van der Waals surface area contributed by atoms with Crippen molar-refractivity contribution in [3.05, 3.63) is 89.9 Å². The van der Waals surface area contributed by atoms with Gasteiger partial charge in [0, 0.05) is 5.69 Å². The molecule has 24 heavy (non-hydrogen) atoms. The molecule has 2 N–H and O–H groups in total. The molecule has 0 fully saturated rings. The molecule has 2 aromatic heterocycles. The van der Waals surface area contributed by atoms with Crippen molar-refractivity contribution in [3.63, 3.8) is 0 Å². The SMILES string of the molecule is Cc1cc2c(NC(c3ccccc3)c3ccccc3)ncnc2[nH]1. The second kappa shape index (κ2) is 6.16. The number of aromatic nitrogens is 3. The number of fused-ring (bicyclic) bond motifs is 1. The van der Waals surface area contributed by atoms with Gasteiger partial charge < -0.3 is 10.3 Å². The highest BCUT2D eigenvalue weighted by Gasteiger charge is 2.16. The summed E-state index contributed by atoms with van der Waals surface area (Å²) in [6.07, 6.45) is 1.59. The van der Waals surface area contributed by atoms with Crippen molar-refractivity contribution in [1.29, 1.82) is 0 Å². The van der Waals surface area contributed by atoms with Gasteiger partial charge in [0.15, 0.2) is 0 Å². The number of hydrogen-bond donors (Lipinski definition) is 2. The number of aromatic amines is 1. The highest BCUT2D eigenvalue weighted by atomic mass is 15.1. The van der Waals surface area contributed by atoms with Crippen LogP contribution in [0.15, 0.2) is 73.1 Å². The maximum Gasteiger partial charge on any atom is 0.143 e. The Morgan fingerprint density at radius 1 is 0.875 bits per heavy atom. The monoisotopic (exact) mass is 314 g/mol. The van der Waals surface area contributed by atoms with Crippen LogP contribution in [0.2, 0.25) is 0 Å². The highest BCUT2D eigenvalue weighted by Crippen LogP contribution is 2.29. The summed E-state index contributed by atoms with van der Waals surface area (Å²) in [6, 6.07) is 22.9. The van der Waals surface area contributed by atoms with E-state index in [2.05, 4.69) is 74.9 Å². The maximum absolute atomic E-state index is 4.47. The van der Waals surface area contributed by atoms with Crippen LogP contribution in [0.5, 0.6) is 0 Å². The van der Waals surface area contributed by atoms with Gasteiger partial charge in [-0.2, -0.15) is 0 Å². The Kier molecular flexibility index (Phi) is 3.71. The summed E-state index contributed by atoms with van der Waals surface area (Å²) in [4.78, 5) is 12.0. The van der Waals surface area contributed by atoms with Crippen molar-refractivity contribution in [2.24, 2.45) is 0 Å². The molecule has 0 amide bonds. The van der Waals surface area contributed by atoms with Gasteiger partial charge in [-0.15, -0.1) is 0 Å². The van der Waals surface area contributed by atoms with Crippen LogP contribution in [0.3, 0.4) is 0 Å². The molecule has 4 heteroatoms. The third kappa shape index (κ3) is 2.74. The topological polar surface area (TPSA) is 53.6 Å². The third-order valence-electron chi connectivity index (χ3n) is 4.11. The fraction of sp³-hybridized carbons (Fsp3) is 0.100. The van der Waals surface area contributed by atoms with Gasteiger partial charge in [-0.25, -0.2) is 9.97 Å². The summed E-state index contributed by atoms with van der Waals surface area (Å²) in [5.41, 5.74) is 4.32. The minimum absolute atomic E-state index is 0.0284. The number of aryl methyl sites for hydroxylation is 1. The fourth-order valence-corrected chi connectivity index (χ4v) is 2.97. The summed E-state index contributed by atoms with van der Waals surface area (Å²) < 4.78 is 0. The Morgan fingerprint density at radius 2 is 1.50 bits per heavy atom. The van der Waals surface area contributed by atoms with Gasteiger partial charge in [-0.05, 0) is 24.1 Å². The molecule has 0 aliphatic carbocycles. The zero-order chi connectivity index (χ0) is 16.4. The van der Waals surface area contributed by atoms with E-state index in [1.54, 1.807) is 6.33 Å². The van der Waals surface area contributed by atoms with Gasteiger partial charge in [-0.3, -0.25) is 0 Å². The summed E-state index contributed by atoms with van der Waals surface area (Å²) in [7, 11) is 0. The van der Waals surface area contributed by atoms with E-state index in [0.29, 0.717) is 0 Å². The average Bonchev–Trinajstić information content (AvgIpc) is 3.02. The molecule has 0 unspecified atom stereocenters. The molecule has 2 aromatic carbocycles. The van der Waals surface area contributed by atoms with Crippen LogP contribution in [-0.2, 0) is 0 Å². The normalized spacial score (nSPS) is 11.1. The first-order chi connectivity index (χ1) is 11.8. The number of rotatable bonds is 4. The van der Waals surface area contributed by atoms with Crippen LogP contribution in [-0.4, -0.2) is 15.0 Å². The van der Waals surface area contributed by atoms with Gasteiger partial charge >= 0.3 is 0 Å². The smallest absolute Gasteiger partial charge is 0.143 e. The molecule has 0 aliphatic rings. The number of nitrogens with zero attached hydrogens (tertiary/aromatic N) is 2. The summed E-state index contributed by atoms with van der Waals surface area (Å²) >= 11 is 0. The van der Waals surface area contributed by atoms with Crippen LogP contribution in [0.1, 0.15) is 22.9 Å². The number of anilines is 1. The van der Waals surface area contributed by atoms with Crippen LogP contribution in [0.4, 0.5) is 5.82 Å². The van der Waals surface area contributed by atoms with Crippen molar-refractivity contribution in [2.45, 2.75) is 13.0 Å². The van der Waals surface area contributed by atoms with E-state index in [4.69, 9.17) is 0 Å². The number of nitrogens with one attached hydrogen (secondary N) is 2. The maximum atomic E-state index is 4.47. The molecule has 0 spiro atoms. The van der Waals surface area contributed by atoms with Crippen molar-refractivity contribution >= 4 is 16.9 Å². The lowest BCUT2D eigenvalue weighted by Gasteiger charge is -2.20. The average molecular weight is 314 g/mol. The third-order valence-corrected chi connectivity index (χ3v) is 4.11. The summed E-state index contributed by atoms with van der Waals surface area (Å²) in [6.45, 7) is 2.03. The van der Waals surface area contributed by atoms with E-state index >= 15 is 0 Å².